The van der Waals surface area contributed by atoms with E-state index in [2.05, 4.69) is 4.72 Å². The summed E-state index contributed by atoms with van der Waals surface area (Å²) in [6.45, 7) is 3.06. The molecule has 22 heavy (non-hydrogen) atoms. The zero-order valence-corrected chi connectivity index (χ0v) is 14.1. The molecule has 1 aromatic heterocycles. The van der Waals surface area contributed by atoms with Gasteiger partial charge >= 0.3 is 0 Å². The summed E-state index contributed by atoms with van der Waals surface area (Å²) in [6.07, 6.45) is 1.08. The van der Waals surface area contributed by atoms with Crippen molar-refractivity contribution in [1.29, 1.82) is 0 Å². The van der Waals surface area contributed by atoms with Gasteiger partial charge in [-0.15, -0.1) is 11.3 Å². The Labute approximate surface area is 134 Å². The Kier molecular flexibility index (Phi) is 5.20. The number of nitrogens with one attached hydrogen (secondary N) is 1. The van der Waals surface area contributed by atoms with E-state index in [0.29, 0.717) is 24.3 Å². The zero-order valence-electron chi connectivity index (χ0n) is 12.4. The zero-order chi connectivity index (χ0) is 16.2. The minimum atomic E-state index is -3.36. The van der Waals surface area contributed by atoms with Gasteiger partial charge in [-0.1, -0.05) is 12.1 Å². The van der Waals surface area contributed by atoms with Crippen molar-refractivity contribution in [1.82, 2.24) is 4.90 Å². The third kappa shape index (κ3) is 4.57. The second kappa shape index (κ2) is 6.93. The fraction of sp³-hybridized carbons (Fsp3) is 0.267. The van der Waals surface area contributed by atoms with Gasteiger partial charge in [0, 0.05) is 22.7 Å². The van der Waals surface area contributed by atoms with Gasteiger partial charge in [0.15, 0.2) is 0 Å². The topological polar surface area (TPSA) is 66.5 Å². The highest BCUT2D eigenvalue weighted by Crippen LogP contribution is 2.17. The van der Waals surface area contributed by atoms with Crippen molar-refractivity contribution >= 4 is 33.0 Å². The summed E-state index contributed by atoms with van der Waals surface area (Å²) in [7, 11) is -3.36. The lowest BCUT2D eigenvalue weighted by molar-refractivity contribution is 0.0754. The molecule has 0 saturated heterocycles. The molecule has 0 aliphatic carbocycles. The van der Waals surface area contributed by atoms with Crippen LogP contribution in [0.2, 0.25) is 0 Å². The van der Waals surface area contributed by atoms with E-state index in [4.69, 9.17) is 0 Å². The number of nitrogens with zero attached hydrogens (tertiary/aromatic N) is 1. The van der Waals surface area contributed by atoms with Crippen LogP contribution in [-0.4, -0.2) is 32.0 Å². The van der Waals surface area contributed by atoms with Gasteiger partial charge in [-0.2, -0.15) is 0 Å². The molecule has 0 bridgehead atoms. The summed E-state index contributed by atoms with van der Waals surface area (Å²) in [5.74, 6) is -0.118. The molecule has 0 unspecified atom stereocenters. The molecule has 0 spiro atoms. The number of rotatable bonds is 6. The first-order chi connectivity index (χ1) is 10.4. The Morgan fingerprint density at radius 2 is 2.05 bits per heavy atom. The Bertz CT molecular complexity index is 740. The van der Waals surface area contributed by atoms with Crippen LogP contribution >= 0.6 is 11.3 Å². The number of amides is 1. The summed E-state index contributed by atoms with van der Waals surface area (Å²) < 4.78 is 24.9. The quantitative estimate of drug-likeness (QED) is 0.881. The molecule has 0 aliphatic rings. The lowest BCUT2D eigenvalue weighted by Crippen LogP contribution is -2.30. The van der Waals surface area contributed by atoms with Gasteiger partial charge in [0.05, 0.1) is 12.8 Å². The molecule has 0 atom stereocenters. The first-order valence-electron chi connectivity index (χ1n) is 6.78. The molecule has 0 radical (unpaired) electrons. The third-order valence-corrected chi connectivity index (χ3v) is 4.48. The average Bonchev–Trinajstić information content (AvgIpc) is 2.95. The molecule has 1 N–H and O–H groups in total. The van der Waals surface area contributed by atoms with Crippen LogP contribution < -0.4 is 4.72 Å². The van der Waals surface area contributed by atoms with Gasteiger partial charge in [0.2, 0.25) is 10.0 Å². The van der Waals surface area contributed by atoms with Crippen molar-refractivity contribution < 1.29 is 13.2 Å². The second-order valence-electron chi connectivity index (χ2n) is 4.85. The number of anilines is 1. The van der Waals surface area contributed by atoms with E-state index in [-0.39, 0.29) is 5.91 Å². The highest BCUT2D eigenvalue weighted by atomic mass is 32.2. The largest absolute Gasteiger partial charge is 0.334 e. The third-order valence-electron chi connectivity index (χ3n) is 3.01. The number of thiophene rings is 1. The van der Waals surface area contributed by atoms with Crippen LogP contribution in [0.4, 0.5) is 5.69 Å². The maximum atomic E-state index is 12.6. The van der Waals surface area contributed by atoms with Gasteiger partial charge in [-0.05, 0) is 36.6 Å². The van der Waals surface area contributed by atoms with Gasteiger partial charge in [-0.25, -0.2) is 8.42 Å². The van der Waals surface area contributed by atoms with E-state index in [0.717, 1.165) is 11.1 Å². The normalized spacial score (nSPS) is 11.2. The first kappa shape index (κ1) is 16.5. The SMILES string of the molecule is CCN(Cc1cccs1)C(=O)c1cccc(NS(C)(=O)=O)c1. The predicted octanol–water partition coefficient (Wildman–Crippen LogP) is 2.78. The monoisotopic (exact) mass is 338 g/mol. The van der Waals surface area contributed by atoms with E-state index < -0.39 is 10.0 Å². The molecule has 1 heterocycles. The maximum absolute atomic E-state index is 12.6. The van der Waals surface area contributed by atoms with Crippen LogP contribution in [-0.2, 0) is 16.6 Å². The summed E-state index contributed by atoms with van der Waals surface area (Å²) in [6, 6.07) is 10.5. The number of hydrogen-bond acceptors (Lipinski definition) is 4. The van der Waals surface area contributed by atoms with E-state index in [1.165, 1.54) is 0 Å². The standard InChI is InChI=1S/C15H18N2O3S2/c1-3-17(11-14-8-5-9-21-14)15(18)12-6-4-7-13(10-12)16-22(2,19)20/h4-10,16H,3,11H2,1-2H3. The molecule has 2 rings (SSSR count). The molecule has 1 aromatic carbocycles. The van der Waals surface area contributed by atoms with Crippen molar-refractivity contribution in [2.24, 2.45) is 0 Å². The van der Waals surface area contributed by atoms with Crippen LogP contribution in [0.25, 0.3) is 0 Å². The van der Waals surface area contributed by atoms with Gasteiger partial charge in [-0.3, -0.25) is 9.52 Å². The van der Waals surface area contributed by atoms with Gasteiger partial charge in [0.25, 0.3) is 5.91 Å². The van der Waals surface area contributed by atoms with E-state index in [1.54, 1.807) is 40.5 Å². The van der Waals surface area contributed by atoms with Crippen LogP contribution in [0, 0.1) is 0 Å². The molecule has 0 fully saturated rings. The highest BCUT2D eigenvalue weighted by molar-refractivity contribution is 7.92. The van der Waals surface area contributed by atoms with E-state index >= 15 is 0 Å². The molecule has 5 nitrogen and oxygen atoms in total. The Balaban J connectivity index is 2.18. The summed E-state index contributed by atoms with van der Waals surface area (Å²) >= 11 is 1.60. The number of carbonyl (C=O) groups excluding carboxylic acids is 1. The second-order valence-corrected chi connectivity index (χ2v) is 7.63. The van der Waals surface area contributed by atoms with Crippen molar-refractivity contribution in [3.8, 4) is 0 Å². The number of benzene rings is 1. The summed E-state index contributed by atoms with van der Waals surface area (Å²) in [4.78, 5) is 15.4. The highest BCUT2D eigenvalue weighted by Gasteiger charge is 2.15. The van der Waals surface area contributed by atoms with Crippen molar-refractivity contribution in [3.05, 3.63) is 52.2 Å². The van der Waals surface area contributed by atoms with E-state index in [1.807, 2.05) is 24.4 Å². The van der Waals surface area contributed by atoms with Crippen LogP contribution in [0.15, 0.2) is 41.8 Å². The Hall–Kier alpha value is -1.86. The number of carbonyl (C=O) groups is 1. The molecular formula is C15H18N2O3S2. The summed E-state index contributed by atoms with van der Waals surface area (Å²) in [5.41, 5.74) is 0.854. The first-order valence-corrected chi connectivity index (χ1v) is 9.55. The maximum Gasteiger partial charge on any atom is 0.254 e. The molecule has 0 aliphatic heterocycles. The lowest BCUT2D eigenvalue weighted by Gasteiger charge is -2.20. The van der Waals surface area contributed by atoms with E-state index in [9.17, 15) is 13.2 Å². The Morgan fingerprint density at radius 3 is 2.64 bits per heavy atom. The van der Waals surface area contributed by atoms with Crippen LogP contribution in [0.3, 0.4) is 0 Å². The van der Waals surface area contributed by atoms with Gasteiger partial charge in [0.1, 0.15) is 0 Å². The van der Waals surface area contributed by atoms with Crippen LogP contribution in [0.1, 0.15) is 22.2 Å². The predicted molar refractivity (Wildman–Crippen MR) is 89.6 cm³/mol. The fourth-order valence-electron chi connectivity index (χ4n) is 2.03. The van der Waals surface area contributed by atoms with Crippen molar-refractivity contribution in [3.63, 3.8) is 0 Å². The molecule has 118 valence electrons. The van der Waals surface area contributed by atoms with Crippen molar-refractivity contribution in [2.75, 3.05) is 17.5 Å². The molecular weight excluding hydrogens is 320 g/mol. The lowest BCUT2D eigenvalue weighted by atomic mass is 10.1. The average molecular weight is 338 g/mol. The molecule has 0 saturated carbocycles. The number of sulfonamides is 1. The van der Waals surface area contributed by atoms with Gasteiger partial charge < -0.3 is 4.90 Å². The smallest absolute Gasteiger partial charge is 0.254 e. The Morgan fingerprint density at radius 1 is 1.27 bits per heavy atom. The molecule has 2 aromatic rings. The van der Waals surface area contributed by atoms with Crippen LogP contribution in [0.5, 0.6) is 0 Å². The molecule has 1 amide bonds. The number of hydrogen-bond donors (Lipinski definition) is 1. The van der Waals surface area contributed by atoms with Crippen molar-refractivity contribution in [2.45, 2.75) is 13.5 Å². The summed E-state index contributed by atoms with van der Waals surface area (Å²) in [5, 5.41) is 1.98. The molecule has 7 heteroatoms. The minimum absolute atomic E-state index is 0.118. The fourth-order valence-corrected chi connectivity index (χ4v) is 3.30. The minimum Gasteiger partial charge on any atom is -0.334 e.